The second-order valence-electron chi connectivity index (χ2n) is 14.4. The van der Waals surface area contributed by atoms with E-state index < -0.39 is 0 Å². The number of rotatable bonds is 6. The van der Waals surface area contributed by atoms with Crippen LogP contribution in [0.2, 0.25) is 0 Å². The Morgan fingerprint density at radius 2 is 0.860 bits per heavy atom. The van der Waals surface area contributed by atoms with Gasteiger partial charge in [-0.25, -0.2) is 15.0 Å². The van der Waals surface area contributed by atoms with Gasteiger partial charge in [0.2, 0.25) is 0 Å². The number of fused-ring (bicyclic) bond motifs is 6. The van der Waals surface area contributed by atoms with Gasteiger partial charge >= 0.3 is 0 Å². The molecule has 3 aromatic heterocycles. The smallest absolute Gasteiger partial charge is 0.165 e. The van der Waals surface area contributed by atoms with Crippen molar-refractivity contribution in [2.75, 3.05) is 0 Å². The Bertz CT molecular complexity index is 3250. The first-order chi connectivity index (χ1) is 28.2. The fourth-order valence-corrected chi connectivity index (χ4v) is 9.48. The van der Waals surface area contributed by atoms with Crippen molar-refractivity contribution in [1.29, 1.82) is 0 Å². The van der Waals surface area contributed by atoms with E-state index in [1.165, 1.54) is 47.5 Å². The average Bonchev–Trinajstić information content (AvgIpc) is 3.83. The average molecular weight is 747 g/mol. The highest BCUT2D eigenvalue weighted by Crippen LogP contribution is 2.41. The second kappa shape index (κ2) is 13.5. The first kappa shape index (κ1) is 33.2. The Morgan fingerprint density at radius 1 is 0.368 bits per heavy atom. The minimum absolute atomic E-state index is 0.640. The molecule has 0 saturated carbocycles. The Labute approximate surface area is 334 Å². The predicted octanol–water partition coefficient (Wildman–Crippen LogP) is 14.0. The van der Waals surface area contributed by atoms with Crippen molar-refractivity contribution in [2.45, 2.75) is 6.92 Å². The summed E-state index contributed by atoms with van der Waals surface area (Å²) < 4.78 is 4.77. The van der Waals surface area contributed by atoms with E-state index in [2.05, 4.69) is 200 Å². The molecule has 0 bridgehead atoms. The summed E-state index contributed by atoms with van der Waals surface area (Å²) in [6, 6.07) is 66.7. The van der Waals surface area contributed by atoms with E-state index in [0.717, 1.165) is 44.6 Å². The summed E-state index contributed by atoms with van der Waals surface area (Å²) in [4.78, 5) is 15.7. The predicted molar refractivity (Wildman–Crippen MR) is 239 cm³/mol. The lowest BCUT2D eigenvalue weighted by Crippen LogP contribution is -2.01. The summed E-state index contributed by atoms with van der Waals surface area (Å²) in [5.74, 6) is 1.95. The van der Waals surface area contributed by atoms with Crippen molar-refractivity contribution in [3.8, 4) is 62.1 Å². The normalized spacial score (nSPS) is 11.6. The molecule has 57 heavy (non-hydrogen) atoms. The van der Waals surface area contributed by atoms with Gasteiger partial charge in [0.1, 0.15) is 0 Å². The molecule has 3 heterocycles. The zero-order valence-corrected chi connectivity index (χ0v) is 31.9. The zero-order valence-electron chi connectivity index (χ0n) is 31.1. The third kappa shape index (κ3) is 5.63. The molecule has 0 unspecified atom stereocenters. The van der Waals surface area contributed by atoms with Gasteiger partial charge in [0.25, 0.3) is 0 Å². The number of nitrogens with zero attached hydrogens (tertiary/aromatic N) is 4. The van der Waals surface area contributed by atoms with Crippen LogP contribution in [0.25, 0.3) is 104 Å². The van der Waals surface area contributed by atoms with E-state index in [-0.39, 0.29) is 0 Å². The SMILES string of the molecule is Cc1ccccc1-c1ccccc1-c1nc(-c2ccc(-c3ccc(-n4c5ccccc5c5ccccc54)cc3)cc2)nc(-c2cccc3c2sc2ccccc23)n1. The minimum atomic E-state index is 0.640. The fraction of sp³-hybridized carbons (Fsp3) is 0.0192. The van der Waals surface area contributed by atoms with Crippen molar-refractivity contribution in [2.24, 2.45) is 0 Å². The molecule has 0 radical (unpaired) electrons. The first-order valence-electron chi connectivity index (χ1n) is 19.2. The Morgan fingerprint density at radius 3 is 1.56 bits per heavy atom. The molecule has 11 aromatic rings. The van der Waals surface area contributed by atoms with Crippen LogP contribution in [0.4, 0.5) is 0 Å². The van der Waals surface area contributed by atoms with Crippen molar-refractivity contribution in [1.82, 2.24) is 19.5 Å². The molecule has 8 aromatic carbocycles. The molecule has 0 spiro atoms. The summed E-state index contributed by atoms with van der Waals surface area (Å²) >= 11 is 1.79. The van der Waals surface area contributed by atoms with Gasteiger partial charge in [-0.05, 0) is 71.1 Å². The molecule has 0 aliphatic heterocycles. The summed E-state index contributed by atoms with van der Waals surface area (Å²) in [6.07, 6.45) is 0. The van der Waals surface area contributed by atoms with Crippen LogP contribution in [-0.4, -0.2) is 19.5 Å². The van der Waals surface area contributed by atoms with Gasteiger partial charge in [-0.15, -0.1) is 11.3 Å². The number of hydrogen-bond acceptors (Lipinski definition) is 4. The van der Waals surface area contributed by atoms with Crippen LogP contribution in [0.3, 0.4) is 0 Å². The third-order valence-corrected chi connectivity index (χ3v) is 12.3. The van der Waals surface area contributed by atoms with E-state index in [1.807, 2.05) is 0 Å². The number of aryl methyl sites for hydroxylation is 1. The topological polar surface area (TPSA) is 43.6 Å². The molecule has 0 aliphatic rings. The highest BCUT2D eigenvalue weighted by Gasteiger charge is 2.19. The summed E-state index contributed by atoms with van der Waals surface area (Å²) in [5.41, 5.74) is 12.2. The van der Waals surface area contributed by atoms with Crippen LogP contribution in [0, 0.1) is 6.92 Å². The quantitative estimate of drug-likeness (QED) is 0.170. The number of thiophene rings is 1. The van der Waals surface area contributed by atoms with E-state index >= 15 is 0 Å². The van der Waals surface area contributed by atoms with Crippen LogP contribution in [0.15, 0.2) is 188 Å². The largest absolute Gasteiger partial charge is 0.309 e. The first-order valence-corrected chi connectivity index (χ1v) is 20.0. The highest BCUT2D eigenvalue weighted by atomic mass is 32.1. The standard InChI is InChI=1S/C52H34N4S/c1-33-13-2-3-14-38(33)39-15-4-5-19-44(39)51-53-50(54-52(55-51)45-21-12-20-43-42-18-8-11-24-48(42)57-49(43)45)36-27-25-34(26-28-36)35-29-31-37(32-30-35)56-46-22-9-6-16-40(46)41-17-7-10-23-47(41)56/h2-32H,1H3. The van der Waals surface area contributed by atoms with Gasteiger partial charge in [0.05, 0.1) is 11.0 Å². The maximum Gasteiger partial charge on any atom is 0.165 e. The van der Waals surface area contributed by atoms with Gasteiger partial charge in [0, 0.05) is 53.3 Å². The van der Waals surface area contributed by atoms with Crippen LogP contribution in [0.1, 0.15) is 5.56 Å². The van der Waals surface area contributed by atoms with Gasteiger partial charge < -0.3 is 4.57 Å². The van der Waals surface area contributed by atoms with E-state index in [4.69, 9.17) is 15.0 Å². The molecule has 0 N–H and O–H groups in total. The van der Waals surface area contributed by atoms with Gasteiger partial charge in [-0.1, -0.05) is 152 Å². The van der Waals surface area contributed by atoms with Gasteiger partial charge in [0.15, 0.2) is 17.5 Å². The third-order valence-electron chi connectivity index (χ3n) is 11.1. The van der Waals surface area contributed by atoms with Gasteiger partial charge in [-0.2, -0.15) is 0 Å². The minimum Gasteiger partial charge on any atom is -0.309 e. The molecule has 5 heteroatoms. The van der Waals surface area contributed by atoms with E-state index in [0.29, 0.717) is 17.5 Å². The molecule has 268 valence electrons. The Hall–Kier alpha value is -7.21. The summed E-state index contributed by atoms with van der Waals surface area (Å²) in [5, 5.41) is 4.98. The zero-order chi connectivity index (χ0) is 37.9. The lowest BCUT2D eigenvalue weighted by molar-refractivity contribution is 1.08. The highest BCUT2D eigenvalue weighted by molar-refractivity contribution is 7.26. The molecule has 0 aliphatic carbocycles. The monoisotopic (exact) mass is 746 g/mol. The van der Waals surface area contributed by atoms with Crippen molar-refractivity contribution < 1.29 is 0 Å². The summed E-state index contributed by atoms with van der Waals surface area (Å²) in [6.45, 7) is 2.15. The number of benzene rings is 8. The van der Waals surface area contributed by atoms with Crippen LogP contribution >= 0.6 is 11.3 Å². The maximum atomic E-state index is 5.25. The molecular weight excluding hydrogens is 713 g/mol. The van der Waals surface area contributed by atoms with Crippen molar-refractivity contribution >= 4 is 53.3 Å². The summed E-state index contributed by atoms with van der Waals surface area (Å²) in [7, 11) is 0. The van der Waals surface area contributed by atoms with Crippen molar-refractivity contribution in [3.05, 3.63) is 194 Å². The maximum absolute atomic E-state index is 5.25. The molecule has 0 atom stereocenters. The number of aromatic nitrogens is 4. The lowest BCUT2D eigenvalue weighted by atomic mass is 9.95. The van der Waals surface area contributed by atoms with Gasteiger partial charge in [-0.3, -0.25) is 0 Å². The molecular formula is C52H34N4S. The molecule has 0 saturated heterocycles. The van der Waals surface area contributed by atoms with E-state index in [9.17, 15) is 0 Å². The Kier molecular flexibility index (Phi) is 7.86. The molecule has 0 amide bonds. The van der Waals surface area contributed by atoms with Crippen molar-refractivity contribution in [3.63, 3.8) is 0 Å². The molecule has 4 nitrogen and oxygen atoms in total. The van der Waals surface area contributed by atoms with Crippen LogP contribution in [0.5, 0.6) is 0 Å². The molecule has 0 fully saturated rings. The Balaban J connectivity index is 1.02. The van der Waals surface area contributed by atoms with Crippen LogP contribution < -0.4 is 0 Å². The van der Waals surface area contributed by atoms with Crippen LogP contribution in [-0.2, 0) is 0 Å². The lowest BCUT2D eigenvalue weighted by Gasteiger charge is -2.14. The second-order valence-corrected chi connectivity index (χ2v) is 15.5. The fourth-order valence-electron chi connectivity index (χ4n) is 8.27. The van der Waals surface area contributed by atoms with E-state index in [1.54, 1.807) is 11.3 Å². The molecule has 11 rings (SSSR count). The number of para-hydroxylation sites is 2. The number of hydrogen-bond donors (Lipinski definition) is 0.